The van der Waals surface area contributed by atoms with Crippen LogP contribution in [0.2, 0.25) is 0 Å². The van der Waals surface area contributed by atoms with E-state index in [0.29, 0.717) is 23.8 Å². The molecular formula is C17H16N4O3. The number of pyridine rings is 1. The van der Waals surface area contributed by atoms with Crippen LogP contribution in [-0.2, 0) is 0 Å². The maximum atomic E-state index is 12.7. The van der Waals surface area contributed by atoms with E-state index in [-0.39, 0.29) is 11.9 Å². The molecule has 7 heteroatoms. The predicted molar refractivity (Wildman–Crippen MR) is 83.9 cm³/mol. The zero-order chi connectivity index (χ0) is 16.4. The molecule has 0 bridgehead atoms. The number of likely N-dealkylation sites (tertiary alicyclic amines) is 1. The summed E-state index contributed by atoms with van der Waals surface area (Å²) in [6.07, 6.45) is 9.12. The fourth-order valence-corrected chi connectivity index (χ4v) is 2.97. The second-order valence-corrected chi connectivity index (χ2v) is 5.72. The Morgan fingerprint density at radius 2 is 2.25 bits per heavy atom. The first kappa shape index (κ1) is 14.6. The van der Waals surface area contributed by atoms with Crippen molar-refractivity contribution in [3.63, 3.8) is 0 Å². The Kier molecular flexibility index (Phi) is 3.82. The van der Waals surface area contributed by atoms with Crippen molar-refractivity contribution in [1.29, 1.82) is 0 Å². The van der Waals surface area contributed by atoms with Crippen LogP contribution in [0.4, 0.5) is 0 Å². The summed E-state index contributed by atoms with van der Waals surface area (Å²) in [4.78, 5) is 23.0. The maximum absolute atomic E-state index is 12.7. The highest BCUT2D eigenvalue weighted by molar-refractivity contribution is 5.94. The van der Waals surface area contributed by atoms with Gasteiger partial charge in [0.25, 0.3) is 5.91 Å². The molecule has 1 amide bonds. The average molecular weight is 324 g/mol. The van der Waals surface area contributed by atoms with Crippen LogP contribution >= 0.6 is 0 Å². The van der Waals surface area contributed by atoms with Gasteiger partial charge in [0.15, 0.2) is 0 Å². The molecule has 0 aliphatic carbocycles. The number of piperidine rings is 1. The van der Waals surface area contributed by atoms with Gasteiger partial charge >= 0.3 is 0 Å². The zero-order valence-corrected chi connectivity index (χ0v) is 13.0. The molecule has 1 saturated heterocycles. The first-order valence-corrected chi connectivity index (χ1v) is 7.90. The summed E-state index contributed by atoms with van der Waals surface area (Å²) in [6, 6.07) is 5.15. The molecule has 122 valence electrons. The molecule has 0 unspecified atom stereocenters. The molecule has 0 saturated carbocycles. The van der Waals surface area contributed by atoms with Crippen molar-refractivity contribution in [2.75, 3.05) is 6.54 Å². The van der Waals surface area contributed by atoms with Gasteiger partial charge in [0, 0.05) is 24.5 Å². The Bertz CT molecular complexity index is 814. The van der Waals surface area contributed by atoms with Crippen LogP contribution < -0.4 is 0 Å². The second-order valence-electron chi connectivity index (χ2n) is 5.72. The Labute approximate surface area is 138 Å². The SMILES string of the molecule is O=C(c1ccoc1)N1CCCC[C@@H]1c1nc(-c2cccnc2)no1. The topological polar surface area (TPSA) is 85.3 Å². The number of furan rings is 1. The summed E-state index contributed by atoms with van der Waals surface area (Å²) in [5, 5.41) is 4.04. The van der Waals surface area contributed by atoms with Crippen LogP contribution in [0.5, 0.6) is 0 Å². The number of hydrogen-bond donors (Lipinski definition) is 0. The molecule has 1 atom stereocenters. The summed E-state index contributed by atoms with van der Waals surface area (Å²) in [5.41, 5.74) is 1.32. The molecule has 1 fully saturated rings. The normalized spacial score (nSPS) is 17.8. The minimum Gasteiger partial charge on any atom is -0.472 e. The number of hydrogen-bond acceptors (Lipinski definition) is 6. The molecule has 1 aliphatic rings. The molecular weight excluding hydrogens is 308 g/mol. The van der Waals surface area contributed by atoms with Crippen molar-refractivity contribution in [3.05, 3.63) is 54.6 Å². The first-order chi connectivity index (χ1) is 11.8. The van der Waals surface area contributed by atoms with Crippen molar-refractivity contribution < 1.29 is 13.7 Å². The van der Waals surface area contributed by atoms with Crippen molar-refractivity contribution in [2.45, 2.75) is 25.3 Å². The fraction of sp³-hybridized carbons (Fsp3) is 0.294. The minimum absolute atomic E-state index is 0.0745. The van der Waals surface area contributed by atoms with Crippen LogP contribution in [0.15, 0.2) is 52.1 Å². The van der Waals surface area contributed by atoms with Crippen molar-refractivity contribution in [1.82, 2.24) is 20.0 Å². The Morgan fingerprint density at radius 3 is 3.04 bits per heavy atom. The third-order valence-corrected chi connectivity index (χ3v) is 4.18. The van der Waals surface area contributed by atoms with Crippen molar-refractivity contribution in [3.8, 4) is 11.4 Å². The minimum atomic E-state index is -0.209. The highest BCUT2D eigenvalue weighted by Gasteiger charge is 2.33. The van der Waals surface area contributed by atoms with E-state index < -0.39 is 0 Å². The number of rotatable bonds is 3. The molecule has 0 spiro atoms. The Hall–Kier alpha value is -2.96. The Morgan fingerprint density at radius 1 is 1.29 bits per heavy atom. The van der Waals surface area contributed by atoms with Gasteiger partial charge in [-0.3, -0.25) is 9.78 Å². The maximum Gasteiger partial charge on any atom is 0.257 e. The van der Waals surface area contributed by atoms with Crippen LogP contribution in [0.3, 0.4) is 0 Å². The second kappa shape index (κ2) is 6.27. The number of aromatic nitrogens is 3. The van der Waals surface area contributed by atoms with Gasteiger partial charge in [-0.15, -0.1) is 0 Å². The smallest absolute Gasteiger partial charge is 0.257 e. The molecule has 7 nitrogen and oxygen atoms in total. The molecule has 4 heterocycles. The quantitative estimate of drug-likeness (QED) is 0.736. The van der Waals surface area contributed by atoms with Crippen LogP contribution in [-0.4, -0.2) is 32.5 Å². The number of amides is 1. The number of carbonyl (C=O) groups excluding carboxylic acids is 1. The summed E-state index contributed by atoms with van der Waals surface area (Å²) in [7, 11) is 0. The monoisotopic (exact) mass is 324 g/mol. The van der Waals surface area contributed by atoms with Gasteiger partial charge in [0.2, 0.25) is 11.7 Å². The third-order valence-electron chi connectivity index (χ3n) is 4.18. The lowest BCUT2D eigenvalue weighted by Gasteiger charge is -2.33. The molecule has 3 aromatic rings. The van der Waals surface area contributed by atoms with E-state index in [0.717, 1.165) is 24.8 Å². The number of carbonyl (C=O) groups is 1. The van der Waals surface area contributed by atoms with E-state index in [1.807, 2.05) is 12.1 Å². The van der Waals surface area contributed by atoms with E-state index in [1.165, 1.54) is 12.5 Å². The highest BCUT2D eigenvalue weighted by atomic mass is 16.5. The van der Waals surface area contributed by atoms with E-state index in [1.54, 1.807) is 23.4 Å². The van der Waals surface area contributed by atoms with Gasteiger partial charge in [0.1, 0.15) is 12.3 Å². The summed E-state index contributed by atoms with van der Waals surface area (Å²) >= 11 is 0. The molecule has 0 N–H and O–H groups in total. The van der Waals surface area contributed by atoms with E-state index >= 15 is 0 Å². The zero-order valence-electron chi connectivity index (χ0n) is 13.0. The summed E-state index contributed by atoms with van der Waals surface area (Å²) in [6.45, 7) is 0.666. The summed E-state index contributed by atoms with van der Waals surface area (Å²) < 4.78 is 10.5. The number of nitrogens with zero attached hydrogens (tertiary/aromatic N) is 4. The Balaban J connectivity index is 1.62. The fourth-order valence-electron chi connectivity index (χ4n) is 2.97. The van der Waals surface area contributed by atoms with Gasteiger partial charge in [-0.25, -0.2) is 0 Å². The average Bonchev–Trinajstić information content (AvgIpc) is 3.34. The van der Waals surface area contributed by atoms with Crippen LogP contribution in [0.1, 0.15) is 41.6 Å². The molecule has 0 radical (unpaired) electrons. The van der Waals surface area contributed by atoms with Crippen LogP contribution in [0.25, 0.3) is 11.4 Å². The molecule has 4 rings (SSSR count). The van der Waals surface area contributed by atoms with Gasteiger partial charge in [0.05, 0.1) is 11.8 Å². The van der Waals surface area contributed by atoms with Gasteiger partial charge in [-0.2, -0.15) is 4.98 Å². The predicted octanol–water partition coefficient (Wildman–Crippen LogP) is 3.09. The van der Waals surface area contributed by atoms with Gasteiger partial charge in [-0.05, 0) is 37.5 Å². The van der Waals surface area contributed by atoms with E-state index in [4.69, 9.17) is 8.94 Å². The first-order valence-electron chi connectivity index (χ1n) is 7.90. The standard InChI is InChI=1S/C17H16N4O3/c22-17(13-6-9-23-11-13)21-8-2-1-5-14(21)16-19-15(20-24-16)12-4-3-7-18-10-12/h3-4,6-7,9-11,14H,1-2,5,8H2/t14-/m1/s1. The highest BCUT2D eigenvalue weighted by Crippen LogP contribution is 2.32. The molecule has 3 aromatic heterocycles. The molecule has 1 aliphatic heterocycles. The van der Waals surface area contributed by atoms with Crippen LogP contribution in [0, 0.1) is 0 Å². The molecule has 24 heavy (non-hydrogen) atoms. The lowest BCUT2D eigenvalue weighted by molar-refractivity contribution is 0.0560. The largest absolute Gasteiger partial charge is 0.472 e. The van der Waals surface area contributed by atoms with E-state index in [2.05, 4.69) is 15.1 Å². The third kappa shape index (κ3) is 2.68. The summed E-state index contributed by atoms with van der Waals surface area (Å²) in [5.74, 6) is 0.874. The van der Waals surface area contributed by atoms with Gasteiger partial charge < -0.3 is 13.8 Å². The molecule has 0 aromatic carbocycles. The van der Waals surface area contributed by atoms with Crippen molar-refractivity contribution in [2.24, 2.45) is 0 Å². The van der Waals surface area contributed by atoms with Gasteiger partial charge in [-0.1, -0.05) is 5.16 Å². The lowest BCUT2D eigenvalue weighted by Crippen LogP contribution is -2.38. The van der Waals surface area contributed by atoms with E-state index in [9.17, 15) is 4.79 Å². The lowest BCUT2D eigenvalue weighted by atomic mass is 10.0. The van der Waals surface area contributed by atoms with Crippen molar-refractivity contribution >= 4 is 5.91 Å².